The largest absolute Gasteiger partial charge is 0.506 e. The molecule has 1 rings (SSSR count). The first-order chi connectivity index (χ1) is 11.7. The number of carbonyl (C=O) groups is 1. The summed E-state index contributed by atoms with van der Waals surface area (Å²) in [5.41, 5.74) is -0.715. The van der Waals surface area contributed by atoms with Crippen LogP contribution in [0.25, 0.3) is 5.76 Å². The molecule has 0 aliphatic rings. The topological polar surface area (TPSA) is 79.1 Å². The number of nitrogens with zero attached hydrogens (tertiary/aromatic N) is 1. The second-order valence-corrected chi connectivity index (χ2v) is 6.66. The first kappa shape index (κ1) is 21.5. The minimum Gasteiger partial charge on any atom is -0.506 e. The molecule has 138 valence electrons. The van der Waals surface area contributed by atoms with Gasteiger partial charge in [-0.25, -0.2) is 13.6 Å². The molecule has 0 aliphatic carbocycles. The summed E-state index contributed by atoms with van der Waals surface area (Å²) in [6.07, 6.45) is 1.05. The van der Waals surface area contributed by atoms with Gasteiger partial charge in [-0.15, -0.1) is 0 Å². The molecule has 1 atom stereocenters. The van der Waals surface area contributed by atoms with Gasteiger partial charge in [0.25, 0.3) is 0 Å². The lowest BCUT2D eigenvalue weighted by atomic mass is 10.1. The van der Waals surface area contributed by atoms with Crippen molar-refractivity contribution in [1.29, 1.82) is 0 Å². The molecule has 0 radical (unpaired) electrons. The van der Waals surface area contributed by atoms with Gasteiger partial charge >= 0.3 is 5.97 Å². The molecule has 5 nitrogen and oxygen atoms in total. The number of aliphatic hydroxyl groups excluding tert-OH is 2. The predicted molar refractivity (Wildman–Crippen MR) is 99.5 cm³/mol. The van der Waals surface area contributed by atoms with Gasteiger partial charge in [0.1, 0.15) is 23.0 Å². The molecule has 0 fully saturated rings. The normalized spacial score (nSPS) is 13.9. The lowest BCUT2D eigenvalue weighted by Crippen LogP contribution is -2.19. The number of ether oxygens (including phenoxy) is 1. The number of aliphatic imine (C=N–C) groups is 1. The predicted octanol–water partition coefficient (Wildman–Crippen LogP) is 3.49. The molecule has 8 heteroatoms. The van der Waals surface area contributed by atoms with Crippen LogP contribution in [0, 0.1) is 21.1 Å². The fraction of sp³-hybridized carbons (Fsp3) is 0.412. The Labute approximate surface area is 158 Å². The zero-order chi connectivity index (χ0) is 19.1. The van der Waals surface area contributed by atoms with Gasteiger partial charge in [0, 0.05) is 15.9 Å². The number of halogens is 3. The summed E-state index contributed by atoms with van der Waals surface area (Å²) < 4.78 is 32.3. The number of hydrogen-bond donors (Lipinski definition) is 2. The van der Waals surface area contributed by atoms with Crippen LogP contribution in [0.5, 0.6) is 0 Å². The van der Waals surface area contributed by atoms with E-state index in [-0.39, 0.29) is 33.8 Å². The third-order valence-corrected chi connectivity index (χ3v) is 4.19. The van der Waals surface area contributed by atoms with Gasteiger partial charge in [0.15, 0.2) is 0 Å². The van der Waals surface area contributed by atoms with Crippen LogP contribution in [-0.4, -0.2) is 41.7 Å². The zero-order valence-electron chi connectivity index (χ0n) is 14.1. The summed E-state index contributed by atoms with van der Waals surface area (Å²) in [6.45, 7) is 5.02. The summed E-state index contributed by atoms with van der Waals surface area (Å²) in [5, 5.41) is 19.7. The zero-order valence-corrected chi connectivity index (χ0v) is 16.3. The molecular formula is C17H20F2INO4. The monoisotopic (exact) mass is 467 g/mol. The van der Waals surface area contributed by atoms with Crippen LogP contribution in [0.15, 0.2) is 22.7 Å². The second-order valence-electron chi connectivity index (χ2n) is 5.50. The van der Waals surface area contributed by atoms with Crippen molar-refractivity contribution in [1.82, 2.24) is 0 Å². The van der Waals surface area contributed by atoms with E-state index in [0.29, 0.717) is 6.07 Å². The molecule has 0 amide bonds. The van der Waals surface area contributed by atoms with Crippen LogP contribution in [0.1, 0.15) is 26.3 Å². The molecule has 1 aromatic carbocycles. The number of esters is 1. The Morgan fingerprint density at radius 3 is 2.52 bits per heavy atom. The highest BCUT2D eigenvalue weighted by atomic mass is 127. The Morgan fingerprint density at radius 2 is 2.00 bits per heavy atom. The minimum atomic E-state index is -1.02. The summed E-state index contributed by atoms with van der Waals surface area (Å²) in [5.74, 6) is -3.43. The Kier molecular flexibility index (Phi) is 8.43. The highest BCUT2D eigenvalue weighted by Crippen LogP contribution is 2.24. The van der Waals surface area contributed by atoms with Gasteiger partial charge in [-0.3, -0.25) is 4.99 Å². The van der Waals surface area contributed by atoms with Crippen LogP contribution < -0.4 is 0 Å². The van der Waals surface area contributed by atoms with Gasteiger partial charge in [0.2, 0.25) is 0 Å². The Hall–Kier alpha value is -1.55. The maximum atomic E-state index is 14.0. The summed E-state index contributed by atoms with van der Waals surface area (Å²) in [7, 11) is 0. The van der Waals surface area contributed by atoms with E-state index in [1.165, 1.54) is 0 Å². The number of benzene rings is 1. The van der Waals surface area contributed by atoms with E-state index in [0.717, 1.165) is 12.3 Å². The summed E-state index contributed by atoms with van der Waals surface area (Å²) >= 11 is 1.65. The van der Waals surface area contributed by atoms with E-state index >= 15 is 0 Å². The highest BCUT2D eigenvalue weighted by Gasteiger charge is 2.21. The van der Waals surface area contributed by atoms with Gasteiger partial charge in [-0.05, 0) is 41.5 Å². The van der Waals surface area contributed by atoms with Gasteiger partial charge in [-0.2, -0.15) is 0 Å². The molecule has 25 heavy (non-hydrogen) atoms. The molecule has 0 aromatic heterocycles. The number of hydrogen-bond acceptors (Lipinski definition) is 5. The van der Waals surface area contributed by atoms with Crippen molar-refractivity contribution in [2.75, 3.05) is 13.2 Å². The van der Waals surface area contributed by atoms with Crippen molar-refractivity contribution in [3.8, 4) is 0 Å². The highest BCUT2D eigenvalue weighted by molar-refractivity contribution is 14.1. The van der Waals surface area contributed by atoms with Gasteiger partial charge in [-0.1, -0.05) is 13.8 Å². The standard InChI is InChI=1S/C17H20F2INO4/c1-4-25-17(24)11(7-21-15(8-22)9(2)3)16(23)10-5-14(20)13(19)6-12(10)18/h5-7,9,15,22-23H,4,8H2,1-3H3/t15-/m0/s1. The van der Waals surface area contributed by atoms with E-state index in [1.54, 1.807) is 29.5 Å². The van der Waals surface area contributed by atoms with Crippen LogP contribution in [0.2, 0.25) is 0 Å². The van der Waals surface area contributed by atoms with Crippen molar-refractivity contribution in [2.45, 2.75) is 26.8 Å². The Balaban J connectivity index is 3.44. The van der Waals surface area contributed by atoms with Crippen molar-refractivity contribution in [3.05, 3.63) is 38.5 Å². The summed E-state index contributed by atoms with van der Waals surface area (Å²) in [6, 6.07) is 1.20. The SMILES string of the molecule is CCOC(=O)C(C=N[C@@H](CO)C(C)C)=C(O)c1cc(I)c(F)cc1F. The average Bonchev–Trinajstić information content (AvgIpc) is 2.54. The molecule has 0 spiro atoms. The van der Waals surface area contributed by atoms with Crippen molar-refractivity contribution in [2.24, 2.45) is 10.9 Å². The van der Waals surface area contributed by atoms with Crippen LogP contribution in [-0.2, 0) is 9.53 Å². The molecule has 0 aliphatic heterocycles. The second kappa shape index (κ2) is 9.81. The molecule has 0 saturated heterocycles. The molecular weight excluding hydrogens is 447 g/mol. The number of rotatable bonds is 7. The molecule has 1 aromatic rings. The third-order valence-electron chi connectivity index (χ3n) is 3.37. The van der Waals surface area contributed by atoms with E-state index in [2.05, 4.69) is 4.99 Å². The minimum absolute atomic E-state index is 0.0182. The third kappa shape index (κ3) is 5.74. The van der Waals surface area contributed by atoms with Crippen LogP contribution in [0.3, 0.4) is 0 Å². The molecule has 0 saturated carbocycles. The van der Waals surface area contributed by atoms with Crippen LogP contribution in [0.4, 0.5) is 8.78 Å². The first-order valence-corrected chi connectivity index (χ1v) is 8.70. The van der Waals surface area contributed by atoms with E-state index < -0.39 is 29.4 Å². The number of aliphatic hydroxyl groups is 2. The fourth-order valence-corrected chi connectivity index (χ4v) is 2.34. The maximum Gasteiger partial charge on any atom is 0.343 e. The fourth-order valence-electron chi connectivity index (χ4n) is 1.87. The van der Waals surface area contributed by atoms with Crippen LogP contribution >= 0.6 is 22.6 Å². The van der Waals surface area contributed by atoms with Crippen molar-refractivity contribution >= 4 is 40.5 Å². The van der Waals surface area contributed by atoms with Crippen molar-refractivity contribution < 1.29 is 28.5 Å². The average molecular weight is 467 g/mol. The number of carbonyl (C=O) groups excluding carboxylic acids is 1. The molecule has 0 bridgehead atoms. The smallest absolute Gasteiger partial charge is 0.343 e. The lowest BCUT2D eigenvalue weighted by Gasteiger charge is -2.14. The molecule has 0 heterocycles. The summed E-state index contributed by atoms with van der Waals surface area (Å²) in [4.78, 5) is 16.2. The van der Waals surface area contributed by atoms with Crippen molar-refractivity contribution in [3.63, 3.8) is 0 Å². The Bertz CT molecular complexity index is 689. The quantitative estimate of drug-likeness (QED) is 0.161. The van der Waals surface area contributed by atoms with Gasteiger partial charge in [0.05, 0.1) is 24.8 Å². The first-order valence-electron chi connectivity index (χ1n) is 7.62. The van der Waals surface area contributed by atoms with Gasteiger partial charge < -0.3 is 14.9 Å². The Morgan fingerprint density at radius 1 is 1.36 bits per heavy atom. The van der Waals surface area contributed by atoms with E-state index in [4.69, 9.17) is 4.74 Å². The lowest BCUT2D eigenvalue weighted by molar-refractivity contribution is -0.137. The van der Waals surface area contributed by atoms with E-state index in [1.807, 2.05) is 13.8 Å². The molecule has 2 N–H and O–H groups in total. The maximum absolute atomic E-state index is 14.0. The molecule has 0 unspecified atom stereocenters. The van der Waals surface area contributed by atoms with E-state index in [9.17, 15) is 23.8 Å².